The van der Waals surface area contributed by atoms with Gasteiger partial charge in [-0.25, -0.2) is 13.4 Å². The lowest BCUT2D eigenvalue weighted by atomic mass is 10.1. The van der Waals surface area contributed by atoms with Crippen molar-refractivity contribution in [1.82, 2.24) is 14.2 Å². The summed E-state index contributed by atoms with van der Waals surface area (Å²) in [5.74, 6) is 0.381. The zero-order chi connectivity index (χ0) is 26.0. The van der Waals surface area contributed by atoms with Crippen molar-refractivity contribution in [2.75, 3.05) is 13.7 Å². The van der Waals surface area contributed by atoms with E-state index in [1.807, 2.05) is 35.0 Å². The molecule has 1 aliphatic heterocycles. The van der Waals surface area contributed by atoms with Crippen LogP contribution >= 0.6 is 11.3 Å². The number of rotatable bonds is 8. The fourth-order valence-electron chi connectivity index (χ4n) is 4.55. The van der Waals surface area contributed by atoms with Gasteiger partial charge >= 0.3 is 0 Å². The normalized spacial score (nSPS) is 15.9. The van der Waals surface area contributed by atoms with Gasteiger partial charge < -0.3 is 9.64 Å². The van der Waals surface area contributed by atoms with Gasteiger partial charge in [0.2, 0.25) is 15.9 Å². The highest BCUT2D eigenvalue weighted by atomic mass is 32.2. The van der Waals surface area contributed by atoms with Crippen molar-refractivity contribution in [3.8, 4) is 11.8 Å². The van der Waals surface area contributed by atoms with Crippen LogP contribution in [0.4, 0.5) is 0 Å². The molecule has 2 aromatic carbocycles. The van der Waals surface area contributed by atoms with Crippen molar-refractivity contribution in [2.24, 2.45) is 0 Å². The molecule has 0 bridgehead atoms. The van der Waals surface area contributed by atoms with Crippen molar-refractivity contribution in [3.63, 3.8) is 0 Å². The molecule has 188 valence electrons. The van der Waals surface area contributed by atoms with Gasteiger partial charge in [-0.2, -0.15) is 20.9 Å². The molecule has 0 unspecified atom stereocenters. The predicted molar refractivity (Wildman–Crippen MR) is 140 cm³/mol. The van der Waals surface area contributed by atoms with Crippen molar-refractivity contribution >= 4 is 38.0 Å². The first-order valence-corrected chi connectivity index (χ1v) is 14.0. The summed E-state index contributed by atoms with van der Waals surface area (Å²) in [7, 11) is -2.45. The molecule has 5 rings (SSSR count). The maximum absolute atomic E-state index is 14.0. The number of ether oxygens (including phenoxy) is 1. The van der Waals surface area contributed by atoms with E-state index in [1.54, 1.807) is 48.4 Å². The van der Waals surface area contributed by atoms with Crippen molar-refractivity contribution in [1.29, 1.82) is 5.26 Å². The Hall–Kier alpha value is -3.78. The third-order valence-corrected chi connectivity index (χ3v) is 9.06. The number of hydrogen-bond acceptors (Lipinski definition) is 7. The molecule has 0 N–H and O–H groups in total. The summed E-state index contributed by atoms with van der Waals surface area (Å²) in [6.07, 6.45) is 1.91. The van der Waals surface area contributed by atoms with Crippen molar-refractivity contribution in [2.45, 2.75) is 30.4 Å². The van der Waals surface area contributed by atoms with E-state index in [9.17, 15) is 13.2 Å². The summed E-state index contributed by atoms with van der Waals surface area (Å²) in [5.41, 5.74) is 1.88. The van der Waals surface area contributed by atoms with Crippen LogP contribution in [0.25, 0.3) is 10.8 Å². The summed E-state index contributed by atoms with van der Waals surface area (Å²) >= 11 is 1.48. The van der Waals surface area contributed by atoms with Gasteiger partial charge in [0.15, 0.2) is 0 Å². The number of hydrogen-bond donors (Lipinski definition) is 0. The van der Waals surface area contributed by atoms with Gasteiger partial charge in [-0.05, 0) is 81.5 Å². The third-order valence-electron chi connectivity index (χ3n) is 6.47. The minimum absolute atomic E-state index is 0.0973. The fraction of sp³-hybridized carbons (Fsp3) is 0.222. The molecule has 1 amide bonds. The molecule has 1 saturated heterocycles. The molecule has 3 heterocycles. The molecule has 4 aromatic rings. The Balaban J connectivity index is 1.47. The number of fused-ring (bicyclic) bond motifs is 1. The smallest absolute Gasteiger partial charge is 0.244 e. The average molecular weight is 533 g/mol. The van der Waals surface area contributed by atoms with Crippen LogP contribution < -0.4 is 4.74 Å². The number of nitriles is 1. The number of amides is 1. The second-order valence-electron chi connectivity index (χ2n) is 8.78. The molecule has 1 aliphatic rings. The highest BCUT2D eigenvalue weighted by molar-refractivity contribution is 7.89. The summed E-state index contributed by atoms with van der Waals surface area (Å²) < 4.78 is 34.7. The quantitative estimate of drug-likeness (QED) is 0.337. The maximum Gasteiger partial charge on any atom is 0.244 e. The molecule has 0 saturated carbocycles. The number of sulfonamides is 1. The second kappa shape index (κ2) is 10.3. The van der Waals surface area contributed by atoms with E-state index in [0.717, 1.165) is 21.9 Å². The van der Waals surface area contributed by atoms with Gasteiger partial charge in [-0.1, -0.05) is 12.1 Å². The summed E-state index contributed by atoms with van der Waals surface area (Å²) in [4.78, 5) is 19.3. The Morgan fingerprint density at radius 1 is 1.14 bits per heavy atom. The molecule has 37 heavy (non-hydrogen) atoms. The Morgan fingerprint density at radius 3 is 2.73 bits per heavy atom. The molecule has 10 heteroatoms. The number of carbonyl (C=O) groups is 1. The standard InChI is InChI=1S/C27H24N4O4S2/c1-35-24-4-2-21-3-5-25(14-22(21)13-24)37(33,34)31(17-20-8-11-36-18-20)26-7-10-30(27(26)32)16-19-6-9-29-23(12-19)15-28/h2-6,8-9,11-14,18,26H,7,10,16-17H2,1H3/t26-/m0/s1. The number of methoxy groups -OCH3 is 1. The lowest BCUT2D eigenvalue weighted by molar-refractivity contribution is -0.131. The van der Waals surface area contributed by atoms with E-state index < -0.39 is 16.1 Å². The Labute approximate surface area is 219 Å². The maximum atomic E-state index is 14.0. The molecular formula is C27H24N4O4S2. The molecule has 1 fully saturated rings. The van der Waals surface area contributed by atoms with Crippen LogP contribution in [0.15, 0.2) is 76.4 Å². The minimum Gasteiger partial charge on any atom is -0.497 e. The van der Waals surface area contributed by atoms with Crippen molar-refractivity contribution < 1.29 is 17.9 Å². The molecule has 0 aliphatic carbocycles. The zero-order valence-electron chi connectivity index (χ0n) is 20.1. The van der Waals surface area contributed by atoms with Gasteiger partial charge in [-0.3, -0.25) is 4.79 Å². The van der Waals surface area contributed by atoms with E-state index in [4.69, 9.17) is 10.00 Å². The number of nitrogens with zero attached hydrogens (tertiary/aromatic N) is 4. The third kappa shape index (κ3) is 5.06. The van der Waals surface area contributed by atoms with Gasteiger partial charge in [0.25, 0.3) is 0 Å². The van der Waals surface area contributed by atoms with Gasteiger partial charge in [0, 0.05) is 25.8 Å². The van der Waals surface area contributed by atoms with E-state index in [0.29, 0.717) is 18.7 Å². The number of thiophene rings is 1. The molecular weight excluding hydrogens is 508 g/mol. The van der Waals surface area contributed by atoms with Crippen LogP contribution in [-0.2, 0) is 27.9 Å². The van der Waals surface area contributed by atoms with Gasteiger partial charge in [0.05, 0.1) is 12.0 Å². The lowest BCUT2D eigenvalue weighted by Crippen LogP contribution is -2.44. The van der Waals surface area contributed by atoms with Crippen LogP contribution in [0, 0.1) is 11.3 Å². The topological polar surface area (TPSA) is 104 Å². The molecule has 1 atom stereocenters. The van der Waals surface area contributed by atoms with Crippen LogP contribution in [0.5, 0.6) is 5.75 Å². The summed E-state index contributed by atoms with van der Waals surface area (Å²) in [6.45, 7) is 0.799. The van der Waals surface area contributed by atoms with Crippen LogP contribution in [0.2, 0.25) is 0 Å². The van der Waals surface area contributed by atoms with Crippen LogP contribution in [0.1, 0.15) is 23.2 Å². The Kier molecular flexibility index (Phi) is 6.93. The van der Waals surface area contributed by atoms with Gasteiger partial charge in [-0.15, -0.1) is 0 Å². The van der Waals surface area contributed by atoms with Crippen molar-refractivity contribution in [3.05, 3.63) is 88.4 Å². The van der Waals surface area contributed by atoms with Crippen LogP contribution in [0.3, 0.4) is 0 Å². The lowest BCUT2D eigenvalue weighted by Gasteiger charge is -2.27. The average Bonchev–Trinajstić information content (AvgIpc) is 3.56. The molecule has 8 nitrogen and oxygen atoms in total. The van der Waals surface area contributed by atoms with E-state index >= 15 is 0 Å². The number of likely N-dealkylation sites (tertiary alicyclic amines) is 1. The SMILES string of the molecule is COc1ccc2ccc(S(=O)(=O)N(Cc3ccsc3)[C@H]3CCN(Cc4ccnc(C#N)c4)C3=O)cc2c1. The minimum atomic E-state index is -4.01. The number of aromatic nitrogens is 1. The largest absolute Gasteiger partial charge is 0.497 e. The highest BCUT2D eigenvalue weighted by Gasteiger charge is 2.42. The first-order chi connectivity index (χ1) is 17.9. The summed E-state index contributed by atoms with van der Waals surface area (Å²) in [5, 5.41) is 14.5. The monoisotopic (exact) mass is 532 g/mol. The molecule has 0 radical (unpaired) electrons. The number of pyridine rings is 1. The first kappa shape index (κ1) is 24.9. The zero-order valence-corrected chi connectivity index (χ0v) is 21.7. The van der Waals surface area contributed by atoms with E-state index in [1.165, 1.54) is 21.8 Å². The second-order valence-corrected chi connectivity index (χ2v) is 11.5. The van der Waals surface area contributed by atoms with E-state index in [2.05, 4.69) is 4.98 Å². The fourth-order valence-corrected chi connectivity index (χ4v) is 6.85. The predicted octanol–water partition coefficient (Wildman–Crippen LogP) is 4.17. The molecule has 0 spiro atoms. The first-order valence-electron chi connectivity index (χ1n) is 11.6. The number of benzene rings is 2. The van der Waals surface area contributed by atoms with E-state index in [-0.39, 0.29) is 29.6 Å². The van der Waals surface area contributed by atoms with Gasteiger partial charge in [0.1, 0.15) is 23.6 Å². The summed E-state index contributed by atoms with van der Waals surface area (Å²) in [6, 6.07) is 16.9. The Bertz CT molecular complexity index is 1600. The molecule has 2 aromatic heterocycles. The number of carbonyl (C=O) groups excluding carboxylic acids is 1. The highest BCUT2D eigenvalue weighted by Crippen LogP contribution is 2.31. The van der Waals surface area contributed by atoms with Crippen LogP contribution in [-0.4, -0.2) is 48.2 Å². The Morgan fingerprint density at radius 2 is 1.97 bits per heavy atom.